The minimum atomic E-state index is -0.227. The van der Waals surface area contributed by atoms with Gasteiger partial charge in [-0.2, -0.15) is 0 Å². The number of nitrogen functional groups attached to an aromatic ring is 1. The zero-order chi connectivity index (χ0) is 14.2. The van der Waals surface area contributed by atoms with E-state index in [0.29, 0.717) is 0 Å². The van der Waals surface area contributed by atoms with Crippen molar-refractivity contribution in [3.05, 3.63) is 40.3 Å². The first kappa shape index (κ1) is 13.3. The van der Waals surface area contributed by atoms with Gasteiger partial charge < -0.3 is 10.5 Å². The largest absolute Gasteiger partial charge is 0.497 e. The van der Waals surface area contributed by atoms with Crippen molar-refractivity contribution in [1.29, 1.82) is 0 Å². The van der Waals surface area contributed by atoms with Crippen molar-refractivity contribution < 1.29 is 4.74 Å². The first-order valence-electron chi connectivity index (χ1n) is 6.10. The van der Waals surface area contributed by atoms with E-state index in [9.17, 15) is 4.79 Å². The minimum Gasteiger partial charge on any atom is -0.497 e. The molecule has 0 fully saturated rings. The quantitative estimate of drug-likeness (QED) is 0.869. The summed E-state index contributed by atoms with van der Waals surface area (Å²) < 4.78 is 6.55. The second-order valence-electron chi connectivity index (χ2n) is 5.49. The lowest BCUT2D eigenvalue weighted by Gasteiger charge is -2.16. The van der Waals surface area contributed by atoms with Gasteiger partial charge in [0.2, 0.25) is 0 Å². The molecule has 2 aromatic rings. The molecule has 0 unspecified atom stereocenters. The van der Waals surface area contributed by atoms with Gasteiger partial charge in [0.25, 0.3) is 5.56 Å². The lowest BCUT2D eigenvalue weighted by Crippen LogP contribution is -2.17. The van der Waals surface area contributed by atoms with Gasteiger partial charge in [0.15, 0.2) is 0 Å². The summed E-state index contributed by atoms with van der Waals surface area (Å²) in [5.74, 6) is 0.743. The Morgan fingerprint density at radius 2 is 1.79 bits per heavy atom. The van der Waals surface area contributed by atoms with Crippen molar-refractivity contribution in [2.75, 3.05) is 12.8 Å². The second-order valence-corrected chi connectivity index (χ2v) is 5.49. The Kier molecular flexibility index (Phi) is 3.14. The predicted octanol–water partition coefficient (Wildman–Crippen LogP) is 2.05. The Labute approximate surface area is 112 Å². The van der Waals surface area contributed by atoms with Gasteiger partial charge in [0, 0.05) is 5.41 Å². The highest BCUT2D eigenvalue weighted by molar-refractivity contribution is 5.48. The average molecular weight is 261 g/mol. The van der Waals surface area contributed by atoms with Crippen LogP contribution >= 0.6 is 0 Å². The van der Waals surface area contributed by atoms with Gasteiger partial charge in [0.1, 0.15) is 11.4 Å². The third-order valence-corrected chi connectivity index (χ3v) is 3.01. The summed E-state index contributed by atoms with van der Waals surface area (Å²) >= 11 is 0. The summed E-state index contributed by atoms with van der Waals surface area (Å²) in [4.78, 5) is 12.2. The van der Waals surface area contributed by atoms with Crippen molar-refractivity contribution in [2.45, 2.75) is 26.2 Å². The van der Waals surface area contributed by atoms with E-state index in [0.717, 1.165) is 17.1 Å². The molecule has 2 rings (SSSR count). The summed E-state index contributed by atoms with van der Waals surface area (Å²) in [7, 11) is 1.60. The molecular formula is C14H19N3O2. The molecule has 19 heavy (non-hydrogen) atoms. The van der Waals surface area contributed by atoms with Gasteiger partial charge in [-0.05, 0) is 24.3 Å². The van der Waals surface area contributed by atoms with Crippen molar-refractivity contribution >= 4 is 5.69 Å². The number of nitrogens with two attached hydrogens (primary N) is 1. The number of ether oxygens (including phenoxy) is 1. The first-order chi connectivity index (χ1) is 8.84. The maximum absolute atomic E-state index is 12.2. The molecule has 0 amide bonds. The molecule has 0 aliphatic carbocycles. The predicted molar refractivity (Wildman–Crippen MR) is 76.1 cm³/mol. The highest BCUT2D eigenvalue weighted by Crippen LogP contribution is 2.24. The van der Waals surface area contributed by atoms with Crippen LogP contribution in [-0.4, -0.2) is 16.9 Å². The fourth-order valence-corrected chi connectivity index (χ4v) is 1.93. The maximum Gasteiger partial charge on any atom is 0.294 e. The normalized spacial score (nSPS) is 11.6. The number of hydrogen-bond acceptors (Lipinski definition) is 3. The molecule has 1 aromatic carbocycles. The molecule has 5 nitrogen and oxygen atoms in total. The van der Waals surface area contributed by atoms with Crippen LogP contribution in [-0.2, 0) is 5.41 Å². The van der Waals surface area contributed by atoms with E-state index in [2.05, 4.69) is 5.10 Å². The van der Waals surface area contributed by atoms with Crippen LogP contribution in [0, 0.1) is 0 Å². The number of H-pyrrole nitrogens is 1. The molecule has 0 aliphatic rings. The Hall–Kier alpha value is -2.17. The monoisotopic (exact) mass is 261 g/mol. The van der Waals surface area contributed by atoms with Crippen LogP contribution in [0.15, 0.2) is 29.1 Å². The molecule has 3 N–H and O–H groups in total. The van der Waals surface area contributed by atoms with Gasteiger partial charge in [-0.1, -0.05) is 20.8 Å². The van der Waals surface area contributed by atoms with Crippen LogP contribution in [0.25, 0.3) is 5.69 Å². The molecule has 1 heterocycles. The first-order valence-corrected chi connectivity index (χ1v) is 6.10. The van der Waals surface area contributed by atoms with Crippen LogP contribution in [0.5, 0.6) is 5.75 Å². The van der Waals surface area contributed by atoms with Gasteiger partial charge in [-0.25, -0.2) is 4.68 Å². The van der Waals surface area contributed by atoms with Crippen molar-refractivity contribution in [3.8, 4) is 11.4 Å². The van der Waals surface area contributed by atoms with E-state index in [1.165, 1.54) is 4.68 Å². The summed E-state index contributed by atoms with van der Waals surface area (Å²) in [6.45, 7) is 6.02. The minimum absolute atomic E-state index is 0.207. The van der Waals surface area contributed by atoms with Crippen LogP contribution < -0.4 is 16.0 Å². The molecule has 0 radical (unpaired) electrons. The Bertz CT molecular complexity index is 630. The van der Waals surface area contributed by atoms with Crippen molar-refractivity contribution in [2.24, 2.45) is 0 Å². The lowest BCUT2D eigenvalue weighted by molar-refractivity contribution is 0.414. The smallest absolute Gasteiger partial charge is 0.294 e. The molecule has 5 heteroatoms. The number of hydrogen-bond donors (Lipinski definition) is 2. The van der Waals surface area contributed by atoms with Crippen LogP contribution in [0.2, 0.25) is 0 Å². The summed E-state index contributed by atoms with van der Waals surface area (Å²) in [6, 6.07) is 7.22. The van der Waals surface area contributed by atoms with E-state index in [4.69, 9.17) is 10.5 Å². The van der Waals surface area contributed by atoms with Crippen LogP contribution in [0.4, 0.5) is 5.69 Å². The van der Waals surface area contributed by atoms with Crippen molar-refractivity contribution in [3.63, 3.8) is 0 Å². The van der Waals surface area contributed by atoms with Gasteiger partial charge in [-0.15, -0.1) is 0 Å². The van der Waals surface area contributed by atoms with Crippen LogP contribution in [0.1, 0.15) is 26.5 Å². The van der Waals surface area contributed by atoms with E-state index in [1.807, 2.05) is 32.9 Å². The molecule has 0 saturated carbocycles. The number of aromatic nitrogens is 2. The summed E-state index contributed by atoms with van der Waals surface area (Å²) in [5.41, 5.74) is 7.20. The topological polar surface area (TPSA) is 73.0 Å². The van der Waals surface area contributed by atoms with E-state index in [-0.39, 0.29) is 16.7 Å². The Morgan fingerprint density at radius 3 is 2.21 bits per heavy atom. The third-order valence-electron chi connectivity index (χ3n) is 3.01. The zero-order valence-corrected chi connectivity index (χ0v) is 11.7. The highest BCUT2D eigenvalue weighted by atomic mass is 16.5. The van der Waals surface area contributed by atoms with E-state index < -0.39 is 0 Å². The summed E-state index contributed by atoms with van der Waals surface area (Å²) in [5, 5.41) is 3.08. The van der Waals surface area contributed by atoms with Gasteiger partial charge >= 0.3 is 0 Å². The number of nitrogens with zero attached hydrogens (tertiary/aromatic N) is 1. The zero-order valence-electron chi connectivity index (χ0n) is 11.7. The molecule has 102 valence electrons. The highest BCUT2D eigenvalue weighted by Gasteiger charge is 2.23. The molecule has 0 bridgehead atoms. The average Bonchev–Trinajstić information content (AvgIpc) is 2.66. The third kappa shape index (κ3) is 2.36. The maximum atomic E-state index is 12.2. The number of methoxy groups -OCH3 is 1. The SMILES string of the molecule is COc1ccc(-n2[nH]c(C(C)(C)C)c(N)c2=O)cc1. The molecule has 1 aromatic heterocycles. The number of anilines is 1. The number of nitrogens with one attached hydrogen (secondary N) is 1. The molecular weight excluding hydrogens is 242 g/mol. The number of aromatic amines is 1. The fourth-order valence-electron chi connectivity index (χ4n) is 1.93. The van der Waals surface area contributed by atoms with Gasteiger partial charge in [0.05, 0.1) is 18.5 Å². The Morgan fingerprint density at radius 1 is 1.21 bits per heavy atom. The standard InChI is InChI=1S/C14H19N3O2/c1-14(2,3)12-11(15)13(18)17(16-12)9-5-7-10(19-4)8-6-9/h5-8,16H,15H2,1-4H3. The number of benzene rings is 1. The van der Waals surface area contributed by atoms with Crippen molar-refractivity contribution in [1.82, 2.24) is 9.78 Å². The van der Waals surface area contributed by atoms with E-state index >= 15 is 0 Å². The second kappa shape index (κ2) is 4.50. The van der Waals surface area contributed by atoms with Crippen LogP contribution in [0.3, 0.4) is 0 Å². The molecule has 0 atom stereocenters. The Balaban J connectivity index is 2.54. The lowest BCUT2D eigenvalue weighted by atomic mass is 9.91. The molecule has 0 aliphatic heterocycles. The number of rotatable bonds is 2. The fraction of sp³-hybridized carbons (Fsp3) is 0.357. The molecule has 0 saturated heterocycles. The summed E-state index contributed by atoms with van der Waals surface area (Å²) in [6.07, 6.45) is 0. The van der Waals surface area contributed by atoms with E-state index in [1.54, 1.807) is 19.2 Å². The van der Waals surface area contributed by atoms with Gasteiger partial charge in [-0.3, -0.25) is 9.89 Å². The molecule has 0 spiro atoms.